The number of hydrogen-bond acceptors (Lipinski definition) is 2. The molecule has 0 heterocycles. The van der Waals surface area contributed by atoms with Crippen molar-refractivity contribution in [3.05, 3.63) is 0 Å². The minimum atomic E-state index is 0.676. The maximum atomic E-state index is 4.50. The molecule has 0 rings (SSSR count). The molecule has 0 aliphatic carbocycles. The lowest BCUT2D eigenvalue weighted by Crippen LogP contribution is -2.22. The van der Waals surface area contributed by atoms with Gasteiger partial charge in [-0.1, -0.05) is 27.7 Å². The van der Waals surface area contributed by atoms with Gasteiger partial charge in [0.25, 0.3) is 0 Å². The Morgan fingerprint density at radius 3 is 1.50 bits per heavy atom. The molecule has 2 nitrogen and oxygen atoms in total. The smallest absolute Gasteiger partial charge is 0.00381 e. The van der Waals surface area contributed by atoms with E-state index in [-0.39, 0.29) is 0 Å². The largest absolute Gasteiger partial charge is 0.333 e. The Labute approximate surface area is 78.9 Å². The van der Waals surface area contributed by atoms with Crippen molar-refractivity contribution in [1.82, 2.24) is 5.32 Å². The van der Waals surface area contributed by atoms with Crippen LogP contribution in [-0.2, 0) is 0 Å². The first-order valence-corrected chi connectivity index (χ1v) is 4.91. The zero-order chi connectivity index (χ0) is 10.6. The van der Waals surface area contributed by atoms with Gasteiger partial charge >= 0.3 is 0 Å². The molecule has 0 aromatic rings. The first-order valence-electron chi connectivity index (χ1n) is 4.91. The lowest BCUT2D eigenvalue weighted by atomic mass is 10.1. The number of nitrogens with one attached hydrogen (secondary N) is 1. The molecule has 12 heavy (non-hydrogen) atoms. The minimum Gasteiger partial charge on any atom is -0.333 e. The van der Waals surface area contributed by atoms with Crippen molar-refractivity contribution < 1.29 is 0 Å². The van der Waals surface area contributed by atoms with Gasteiger partial charge < -0.3 is 11.1 Å². The van der Waals surface area contributed by atoms with Gasteiger partial charge in [0.15, 0.2) is 0 Å². The van der Waals surface area contributed by atoms with E-state index in [4.69, 9.17) is 0 Å². The topological polar surface area (TPSA) is 38.0 Å². The number of rotatable bonds is 3. The average Bonchev–Trinajstić information content (AvgIpc) is 2.10. The van der Waals surface area contributed by atoms with Crippen molar-refractivity contribution in [3.8, 4) is 0 Å². The molecule has 1 unspecified atom stereocenters. The Hall–Kier alpha value is -0.0800. The molecule has 78 valence electrons. The summed E-state index contributed by atoms with van der Waals surface area (Å²) in [5.41, 5.74) is 4.50. The molecule has 3 N–H and O–H groups in total. The van der Waals surface area contributed by atoms with Crippen LogP contribution >= 0.6 is 0 Å². The summed E-state index contributed by atoms with van der Waals surface area (Å²) in [6.45, 7) is 10.7. The Bertz CT molecular complexity index is 53.8. The molecule has 0 aromatic carbocycles. The summed E-state index contributed by atoms with van der Waals surface area (Å²) in [7, 11) is 3.51. The van der Waals surface area contributed by atoms with Crippen molar-refractivity contribution >= 4 is 0 Å². The van der Waals surface area contributed by atoms with E-state index in [1.165, 1.54) is 13.5 Å². The molecule has 0 aromatic heterocycles. The van der Waals surface area contributed by atoms with Crippen LogP contribution in [0.1, 0.15) is 41.0 Å². The highest BCUT2D eigenvalue weighted by molar-refractivity contribution is 4.58. The van der Waals surface area contributed by atoms with Crippen molar-refractivity contribution in [2.45, 2.75) is 47.1 Å². The lowest BCUT2D eigenvalue weighted by molar-refractivity contribution is 0.469. The second kappa shape index (κ2) is 17.1. The minimum absolute atomic E-state index is 0.676. The van der Waals surface area contributed by atoms with Gasteiger partial charge in [0, 0.05) is 6.04 Å². The fraction of sp³-hybridized carbons (Fsp3) is 1.00. The van der Waals surface area contributed by atoms with E-state index in [2.05, 4.69) is 31.8 Å². The number of hydrogen-bond donors (Lipinski definition) is 2. The van der Waals surface area contributed by atoms with Gasteiger partial charge in [-0.05, 0) is 33.4 Å². The van der Waals surface area contributed by atoms with Gasteiger partial charge in [0.1, 0.15) is 0 Å². The van der Waals surface area contributed by atoms with Gasteiger partial charge in [-0.2, -0.15) is 0 Å². The average molecular weight is 176 g/mol. The summed E-state index contributed by atoms with van der Waals surface area (Å²) >= 11 is 0. The van der Waals surface area contributed by atoms with Crippen LogP contribution in [0, 0.1) is 5.92 Å². The van der Waals surface area contributed by atoms with Crippen LogP contribution < -0.4 is 11.1 Å². The maximum absolute atomic E-state index is 4.50. The molecule has 0 aliphatic heterocycles. The van der Waals surface area contributed by atoms with E-state index < -0.39 is 0 Å². The van der Waals surface area contributed by atoms with Crippen LogP contribution in [0.4, 0.5) is 0 Å². The highest BCUT2D eigenvalue weighted by Gasteiger charge is 1.99. The van der Waals surface area contributed by atoms with Gasteiger partial charge in [-0.15, -0.1) is 0 Å². The molecule has 0 saturated carbocycles. The van der Waals surface area contributed by atoms with Crippen LogP contribution in [0.3, 0.4) is 0 Å². The molecule has 0 saturated heterocycles. The van der Waals surface area contributed by atoms with Gasteiger partial charge in [0.05, 0.1) is 0 Å². The van der Waals surface area contributed by atoms with Gasteiger partial charge in [0.2, 0.25) is 0 Å². The maximum Gasteiger partial charge on any atom is 0.00381 e. The SMILES string of the molecule is CC.CN.CNC(C)CC(C)C. The molecule has 0 aliphatic rings. The summed E-state index contributed by atoms with van der Waals surface area (Å²) in [6.07, 6.45) is 1.27. The standard InChI is InChI=1S/C7H17N.C2H6.CH5N/c1-6(2)5-7(3)8-4;2*1-2/h6-8H,5H2,1-4H3;1-2H3;2H2,1H3. The molecule has 0 amide bonds. The van der Waals surface area contributed by atoms with E-state index in [1.807, 2.05) is 20.9 Å². The van der Waals surface area contributed by atoms with E-state index in [9.17, 15) is 0 Å². The summed E-state index contributed by atoms with van der Waals surface area (Å²) in [5, 5.41) is 3.20. The van der Waals surface area contributed by atoms with Crippen molar-refractivity contribution in [2.24, 2.45) is 11.7 Å². The quantitative estimate of drug-likeness (QED) is 0.692. The molecule has 0 bridgehead atoms. The molecular weight excluding hydrogens is 148 g/mol. The van der Waals surface area contributed by atoms with Gasteiger partial charge in [-0.25, -0.2) is 0 Å². The van der Waals surface area contributed by atoms with Crippen LogP contribution in [0.25, 0.3) is 0 Å². The van der Waals surface area contributed by atoms with Crippen molar-refractivity contribution in [3.63, 3.8) is 0 Å². The Morgan fingerprint density at radius 1 is 1.08 bits per heavy atom. The normalized spacial score (nSPS) is 10.8. The molecule has 0 fully saturated rings. The second-order valence-electron chi connectivity index (χ2n) is 2.82. The molecule has 1 atom stereocenters. The third-order valence-corrected chi connectivity index (χ3v) is 1.32. The Balaban J connectivity index is -0.000000175. The lowest BCUT2D eigenvalue weighted by Gasteiger charge is -2.11. The summed E-state index contributed by atoms with van der Waals surface area (Å²) < 4.78 is 0. The highest BCUT2D eigenvalue weighted by Crippen LogP contribution is 2.02. The fourth-order valence-corrected chi connectivity index (χ4v) is 0.825. The predicted octanol–water partition coefficient (Wildman–Crippen LogP) is 2.24. The summed E-state index contributed by atoms with van der Waals surface area (Å²) in [5.74, 6) is 0.817. The van der Waals surface area contributed by atoms with Crippen LogP contribution in [0.15, 0.2) is 0 Å². The molecular formula is C10H28N2. The highest BCUT2D eigenvalue weighted by atomic mass is 14.8. The van der Waals surface area contributed by atoms with Crippen LogP contribution in [0.2, 0.25) is 0 Å². The van der Waals surface area contributed by atoms with E-state index in [0.717, 1.165) is 5.92 Å². The van der Waals surface area contributed by atoms with E-state index in [0.29, 0.717) is 6.04 Å². The first kappa shape index (κ1) is 17.9. The molecule has 2 heteroatoms. The predicted molar refractivity (Wildman–Crippen MR) is 59.4 cm³/mol. The number of nitrogens with two attached hydrogens (primary N) is 1. The summed E-state index contributed by atoms with van der Waals surface area (Å²) in [6, 6.07) is 0.676. The summed E-state index contributed by atoms with van der Waals surface area (Å²) in [4.78, 5) is 0. The first-order chi connectivity index (χ1) is 5.66. The third kappa shape index (κ3) is 22.5. The van der Waals surface area contributed by atoms with E-state index in [1.54, 1.807) is 0 Å². The van der Waals surface area contributed by atoms with Crippen LogP contribution in [0.5, 0.6) is 0 Å². The molecule has 0 radical (unpaired) electrons. The van der Waals surface area contributed by atoms with E-state index >= 15 is 0 Å². The Kier molecular flexibility index (Phi) is 25.5. The van der Waals surface area contributed by atoms with Crippen LogP contribution in [-0.4, -0.2) is 20.1 Å². The van der Waals surface area contributed by atoms with Crippen molar-refractivity contribution in [2.75, 3.05) is 14.1 Å². The monoisotopic (exact) mass is 176 g/mol. The third-order valence-electron chi connectivity index (χ3n) is 1.32. The molecule has 0 spiro atoms. The zero-order valence-corrected chi connectivity index (χ0v) is 9.94. The van der Waals surface area contributed by atoms with Crippen molar-refractivity contribution in [1.29, 1.82) is 0 Å². The Morgan fingerprint density at radius 2 is 1.42 bits per heavy atom. The van der Waals surface area contributed by atoms with Gasteiger partial charge in [-0.3, -0.25) is 0 Å². The zero-order valence-electron chi connectivity index (χ0n) is 9.94. The fourth-order valence-electron chi connectivity index (χ4n) is 0.825. The second-order valence-corrected chi connectivity index (χ2v) is 2.82.